The molecule has 0 saturated carbocycles. The number of hydrogen-bond acceptors (Lipinski definition) is 3. The average Bonchev–Trinajstić information content (AvgIpc) is 3.17. The smallest absolute Gasteiger partial charge is 0.232 e. The maximum absolute atomic E-state index is 12.9. The van der Waals surface area contributed by atoms with E-state index in [1.165, 1.54) is 0 Å². The Labute approximate surface area is 130 Å². The van der Waals surface area contributed by atoms with Crippen LogP contribution in [0.2, 0.25) is 0 Å². The molecule has 1 fully saturated rings. The first kappa shape index (κ1) is 14.8. The second-order valence-electron chi connectivity index (χ2n) is 5.73. The van der Waals surface area contributed by atoms with Crippen molar-refractivity contribution in [2.45, 2.75) is 19.9 Å². The van der Waals surface area contributed by atoms with Gasteiger partial charge in [0.2, 0.25) is 5.91 Å². The Morgan fingerprint density at radius 3 is 2.91 bits per heavy atom. The first-order chi connectivity index (χ1) is 10.7. The zero-order valence-electron chi connectivity index (χ0n) is 13.0. The van der Waals surface area contributed by atoms with E-state index < -0.39 is 0 Å². The van der Waals surface area contributed by atoms with Gasteiger partial charge in [-0.05, 0) is 25.0 Å². The summed E-state index contributed by atoms with van der Waals surface area (Å²) in [7, 11) is 1.95. The van der Waals surface area contributed by atoms with Gasteiger partial charge >= 0.3 is 0 Å². The topological polar surface area (TPSA) is 47.4 Å². The Kier molecular flexibility index (Phi) is 4.24. The van der Waals surface area contributed by atoms with Gasteiger partial charge in [-0.3, -0.25) is 4.79 Å². The van der Waals surface area contributed by atoms with Gasteiger partial charge in [-0.1, -0.05) is 18.2 Å². The second-order valence-corrected chi connectivity index (χ2v) is 5.73. The van der Waals surface area contributed by atoms with Crippen LogP contribution in [-0.2, 0) is 23.1 Å². The quantitative estimate of drug-likeness (QED) is 0.870. The zero-order chi connectivity index (χ0) is 15.5. The van der Waals surface area contributed by atoms with Gasteiger partial charge in [0.05, 0.1) is 19.1 Å². The van der Waals surface area contributed by atoms with Crippen molar-refractivity contribution < 1.29 is 9.53 Å². The Hall–Kier alpha value is -2.14. The largest absolute Gasteiger partial charge is 0.381 e. The fraction of sp³-hybridized carbons (Fsp3) is 0.412. The lowest BCUT2D eigenvalue weighted by Crippen LogP contribution is -2.37. The fourth-order valence-electron chi connectivity index (χ4n) is 2.79. The summed E-state index contributed by atoms with van der Waals surface area (Å²) in [6, 6.07) is 7.97. The van der Waals surface area contributed by atoms with E-state index >= 15 is 0 Å². The highest BCUT2D eigenvalue weighted by Crippen LogP contribution is 2.25. The van der Waals surface area contributed by atoms with E-state index in [2.05, 4.69) is 4.98 Å². The lowest BCUT2D eigenvalue weighted by Gasteiger charge is -2.26. The van der Waals surface area contributed by atoms with Gasteiger partial charge in [-0.15, -0.1) is 0 Å². The first-order valence-corrected chi connectivity index (χ1v) is 7.58. The number of aryl methyl sites for hydroxylation is 2. The normalized spacial score (nSPS) is 17.6. The summed E-state index contributed by atoms with van der Waals surface area (Å²) in [5.41, 5.74) is 2.03. The van der Waals surface area contributed by atoms with Gasteiger partial charge in [-0.2, -0.15) is 0 Å². The number of anilines is 1. The third-order valence-corrected chi connectivity index (χ3v) is 4.17. The number of nitrogens with zero attached hydrogens (tertiary/aromatic N) is 3. The highest BCUT2D eigenvalue weighted by Gasteiger charge is 2.30. The molecule has 1 aliphatic heterocycles. The van der Waals surface area contributed by atoms with Crippen molar-refractivity contribution in [1.29, 1.82) is 0 Å². The van der Waals surface area contributed by atoms with Crippen LogP contribution in [0.25, 0.3) is 0 Å². The van der Waals surface area contributed by atoms with Crippen LogP contribution in [-0.4, -0.2) is 28.7 Å². The molecule has 1 saturated heterocycles. The Morgan fingerprint density at radius 2 is 2.27 bits per heavy atom. The van der Waals surface area contributed by atoms with E-state index in [1.807, 2.05) is 53.9 Å². The summed E-state index contributed by atoms with van der Waals surface area (Å²) < 4.78 is 7.33. The lowest BCUT2D eigenvalue weighted by molar-refractivity contribution is -0.122. The second kappa shape index (κ2) is 6.32. The Balaban J connectivity index is 1.93. The average molecular weight is 299 g/mol. The van der Waals surface area contributed by atoms with Crippen LogP contribution in [0.3, 0.4) is 0 Å². The van der Waals surface area contributed by atoms with Gasteiger partial charge in [0.15, 0.2) is 0 Å². The van der Waals surface area contributed by atoms with Crippen molar-refractivity contribution in [3.8, 4) is 0 Å². The van der Waals surface area contributed by atoms with Gasteiger partial charge in [0, 0.05) is 31.7 Å². The van der Waals surface area contributed by atoms with E-state index in [-0.39, 0.29) is 11.8 Å². The van der Waals surface area contributed by atoms with E-state index in [0.29, 0.717) is 19.8 Å². The Morgan fingerprint density at radius 1 is 1.45 bits per heavy atom. The molecule has 0 aliphatic carbocycles. The number of carbonyl (C=O) groups is 1. The predicted molar refractivity (Wildman–Crippen MR) is 84.5 cm³/mol. The molecule has 1 aromatic carbocycles. The van der Waals surface area contributed by atoms with Crippen LogP contribution in [0.4, 0.5) is 5.69 Å². The maximum atomic E-state index is 12.9. The Bertz CT molecular complexity index is 659. The number of amides is 1. The van der Waals surface area contributed by atoms with Gasteiger partial charge < -0.3 is 14.2 Å². The molecule has 2 aromatic rings. The minimum Gasteiger partial charge on any atom is -0.381 e. The minimum absolute atomic E-state index is 0.0557. The molecule has 1 aliphatic rings. The van der Waals surface area contributed by atoms with Crippen molar-refractivity contribution in [2.75, 3.05) is 18.1 Å². The van der Waals surface area contributed by atoms with E-state index in [9.17, 15) is 4.79 Å². The third-order valence-electron chi connectivity index (χ3n) is 4.17. The summed E-state index contributed by atoms with van der Waals surface area (Å²) in [5.74, 6) is 0.935. The number of carbonyl (C=O) groups excluding carboxylic acids is 1. The van der Waals surface area contributed by atoms with Crippen LogP contribution in [0, 0.1) is 12.8 Å². The standard InChI is InChI=1S/C17H21N3O2/c1-13-5-3-4-6-15(13)20(11-16-18-8-9-19(16)2)17(21)14-7-10-22-12-14/h3-6,8-9,14H,7,10-12H2,1-2H3. The molecule has 0 spiro atoms. The van der Waals surface area contributed by atoms with Crippen molar-refractivity contribution in [2.24, 2.45) is 13.0 Å². The molecule has 1 unspecified atom stereocenters. The number of rotatable bonds is 4. The summed E-state index contributed by atoms with van der Waals surface area (Å²) in [6.07, 6.45) is 4.45. The maximum Gasteiger partial charge on any atom is 0.232 e. The monoisotopic (exact) mass is 299 g/mol. The molecule has 1 amide bonds. The van der Waals surface area contributed by atoms with Crippen molar-refractivity contribution in [1.82, 2.24) is 9.55 Å². The SMILES string of the molecule is Cc1ccccc1N(Cc1nccn1C)C(=O)C1CCOC1. The van der Waals surface area contributed by atoms with Gasteiger partial charge in [-0.25, -0.2) is 4.98 Å². The molecule has 3 rings (SSSR count). The number of hydrogen-bond donors (Lipinski definition) is 0. The molecular weight excluding hydrogens is 278 g/mol. The molecule has 0 radical (unpaired) electrons. The molecule has 5 heteroatoms. The fourth-order valence-corrected chi connectivity index (χ4v) is 2.79. The predicted octanol–water partition coefficient (Wildman–Crippen LogP) is 2.30. The highest BCUT2D eigenvalue weighted by molar-refractivity contribution is 5.95. The molecular formula is C17H21N3O2. The van der Waals surface area contributed by atoms with Crippen LogP contribution >= 0.6 is 0 Å². The van der Waals surface area contributed by atoms with E-state index in [0.717, 1.165) is 23.5 Å². The molecule has 1 atom stereocenters. The summed E-state index contributed by atoms with van der Waals surface area (Å²) in [6.45, 7) is 3.69. The minimum atomic E-state index is -0.0557. The molecule has 2 heterocycles. The molecule has 22 heavy (non-hydrogen) atoms. The van der Waals surface area contributed by atoms with Crippen molar-refractivity contribution in [3.05, 3.63) is 48.0 Å². The molecule has 5 nitrogen and oxygen atoms in total. The summed E-state index contributed by atoms with van der Waals surface area (Å²) >= 11 is 0. The lowest BCUT2D eigenvalue weighted by atomic mass is 10.1. The molecule has 0 bridgehead atoms. The van der Waals surface area contributed by atoms with Gasteiger partial charge in [0.1, 0.15) is 5.82 Å². The summed E-state index contributed by atoms with van der Waals surface area (Å²) in [4.78, 5) is 19.1. The van der Waals surface area contributed by atoms with Crippen molar-refractivity contribution in [3.63, 3.8) is 0 Å². The first-order valence-electron chi connectivity index (χ1n) is 7.58. The van der Waals surface area contributed by atoms with Crippen molar-refractivity contribution >= 4 is 11.6 Å². The van der Waals surface area contributed by atoms with Crippen LogP contribution in [0.1, 0.15) is 17.8 Å². The number of benzene rings is 1. The number of para-hydroxylation sites is 1. The van der Waals surface area contributed by atoms with E-state index in [1.54, 1.807) is 6.20 Å². The molecule has 1 aromatic heterocycles. The molecule has 116 valence electrons. The molecule has 0 N–H and O–H groups in total. The number of aromatic nitrogens is 2. The van der Waals surface area contributed by atoms with E-state index in [4.69, 9.17) is 4.74 Å². The van der Waals surface area contributed by atoms with Crippen LogP contribution in [0.5, 0.6) is 0 Å². The van der Waals surface area contributed by atoms with Crippen LogP contribution < -0.4 is 4.90 Å². The summed E-state index contributed by atoms with van der Waals surface area (Å²) in [5, 5.41) is 0. The van der Waals surface area contributed by atoms with Crippen LogP contribution in [0.15, 0.2) is 36.7 Å². The number of imidazole rings is 1. The third kappa shape index (κ3) is 2.90. The highest BCUT2D eigenvalue weighted by atomic mass is 16.5. The number of ether oxygens (including phenoxy) is 1. The zero-order valence-corrected chi connectivity index (χ0v) is 13.0. The van der Waals surface area contributed by atoms with Gasteiger partial charge in [0.25, 0.3) is 0 Å².